The molecule has 134 valence electrons. The average molecular weight is 365 g/mol. The van der Waals surface area contributed by atoms with Gasteiger partial charge in [-0.2, -0.15) is 0 Å². The Morgan fingerprint density at radius 3 is 2.77 bits per heavy atom. The highest BCUT2D eigenvalue weighted by Gasteiger charge is 2.25. The Kier molecular flexibility index (Phi) is 5.14. The van der Waals surface area contributed by atoms with Crippen molar-refractivity contribution in [2.75, 3.05) is 19.6 Å². The number of rotatable bonds is 3. The number of piperidine rings is 1. The van der Waals surface area contributed by atoms with Crippen LogP contribution in [0.15, 0.2) is 59.5 Å². The predicted molar refractivity (Wildman–Crippen MR) is 106 cm³/mol. The van der Waals surface area contributed by atoms with Crippen molar-refractivity contribution < 1.29 is 9.90 Å². The summed E-state index contributed by atoms with van der Waals surface area (Å²) in [6.45, 7) is 2.43. The van der Waals surface area contributed by atoms with Crippen LogP contribution in [0.3, 0.4) is 0 Å². The summed E-state index contributed by atoms with van der Waals surface area (Å²) < 4.78 is 0. The molecule has 0 radical (unpaired) electrons. The van der Waals surface area contributed by atoms with Gasteiger partial charge in [0.15, 0.2) is 0 Å². The first kappa shape index (κ1) is 17.4. The first-order chi connectivity index (χ1) is 12.7. The van der Waals surface area contributed by atoms with Crippen molar-refractivity contribution in [3.8, 4) is 0 Å². The second-order valence-corrected chi connectivity index (χ2v) is 8.01. The van der Waals surface area contributed by atoms with Gasteiger partial charge in [0, 0.05) is 23.7 Å². The Bertz CT molecular complexity index is 796. The first-order valence-corrected chi connectivity index (χ1v) is 10.2. The summed E-state index contributed by atoms with van der Waals surface area (Å²) in [6, 6.07) is 17.2. The highest BCUT2D eigenvalue weighted by molar-refractivity contribution is 7.98. The molecule has 0 saturated carbocycles. The number of carbonyl (C=O) groups is 1. The zero-order valence-electron chi connectivity index (χ0n) is 14.7. The molecule has 3 nitrogen and oxygen atoms in total. The van der Waals surface area contributed by atoms with E-state index >= 15 is 0 Å². The molecule has 2 heterocycles. The van der Waals surface area contributed by atoms with Crippen LogP contribution in [0.4, 0.5) is 0 Å². The lowest BCUT2D eigenvalue weighted by Crippen LogP contribution is -2.38. The Morgan fingerprint density at radius 1 is 1.15 bits per heavy atom. The number of aliphatic carboxylic acids is 1. The van der Waals surface area contributed by atoms with Crippen LogP contribution in [-0.4, -0.2) is 35.6 Å². The van der Waals surface area contributed by atoms with Crippen LogP contribution in [0, 0.1) is 5.92 Å². The van der Waals surface area contributed by atoms with Crippen LogP contribution < -0.4 is 0 Å². The molecule has 0 spiro atoms. The van der Waals surface area contributed by atoms with Gasteiger partial charge in [-0.25, -0.2) is 0 Å². The summed E-state index contributed by atoms with van der Waals surface area (Å²) >= 11 is 1.89. The van der Waals surface area contributed by atoms with Gasteiger partial charge in [-0.1, -0.05) is 48.5 Å². The zero-order chi connectivity index (χ0) is 17.9. The molecule has 4 rings (SSSR count). The molecular weight excluding hydrogens is 342 g/mol. The van der Waals surface area contributed by atoms with E-state index in [-0.39, 0.29) is 5.92 Å². The zero-order valence-corrected chi connectivity index (χ0v) is 15.5. The van der Waals surface area contributed by atoms with E-state index < -0.39 is 5.97 Å². The Hall–Kier alpha value is -2.04. The summed E-state index contributed by atoms with van der Waals surface area (Å²) in [5.41, 5.74) is 5.23. The summed E-state index contributed by atoms with van der Waals surface area (Å²) in [5.74, 6) is 0.0883. The van der Waals surface area contributed by atoms with Gasteiger partial charge < -0.3 is 5.11 Å². The minimum atomic E-state index is -0.663. The van der Waals surface area contributed by atoms with Crippen molar-refractivity contribution in [3.05, 3.63) is 71.3 Å². The van der Waals surface area contributed by atoms with Gasteiger partial charge in [-0.15, -0.1) is 11.8 Å². The highest BCUT2D eigenvalue weighted by Crippen LogP contribution is 2.39. The van der Waals surface area contributed by atoms with Crippen molar-refractivity contribution >= 4 is 23.3 Å². The number of thioether (sulfide) groups is 1. The van der Waals surface area contributed by atoms with Crippen LogP contribution in [0.2, 0.25) is 0 Å². The maximum Gasteiger partial charge on any atom is 0.307 e. The van der Waals surface area contributed by atoms with Gasteiger partial charge in [0.1, 0.15) is 0 Å². The summed E-state index contributed by atoms with van der Waals surface area (Å²) in [7, 11) is 0. The van der Waals surface area contributed by atoms with Crippen molar-refractivity contribution in [2.24, 2.45) is 5.92 Å². The van der Waals surface area contributed by atoms with E-state index in [1.165, 1.54) is 27.2 Å². The standard InChI is InChI=1S/C22H23NO2S/c24-22(25)16-7-5-12-23(14-16)13-11-19-18-8-2-1-6-17(18)15-26-21-10-4-3-9-20(19)21/h1-4,6,8-11,16H,5,7,12-15H2,(H,24,25)/b19-11-. The number of carboxylic acids is 1. The highest BCUT2D eigenvalue weighted by atomic mass is 32.2. The number of fused-ring (bicyclic) bond motifs is 2. The SMILES string of the molecule is O=C(O)C1CCCN(C/C=C2/c3ccccc3CSc3ccccc32)C1. The summed E-state index contributed by atoms with van der Waals surface area (Å²) in [4.78, 5) is 14.9. The Labute approximate surface area is 158 Å². The van der Waals surface area contributed by atoms with Crippen LogP contribution in [-0.2, 0) is 10.5 Å². The third-order valence-corrected chi connectivity index (χ3v) is 6.40. The molecule has 0 aliphatic carbocycles. The Balaban J connectivity index is 1.66. The van der Waals surface area contributed by atoms with E-state index in [2.05, 4.69) is 59.5 Å². The minimum absolute atomic E-state index is 0.230. The van der Waals surface area contributed by atoms with Crippen LogP contribution >= 0.6 is 11.8 Å². The molecule has 1 unspecified atom stereocenters. The second kappa shape index (κ2) is 7.68. The number of carboxylic acid groups (broad SMARTS) is 1. The lowest BCUT2D eigenvalue weighted by molar-refractivity contribution is -0.143. The van der Waals surface area contributed by atoms with Crippen LogP contribution in [0.25, 0.3) is 5.57 Å². The molecule has 2 aliphatic rings. The fourth-order valence-corrected chi connectivity index (χ4v) is 4.96. The lowest BCUT2D eigenvalue weighted by Gasteiger charge is -2.30. The van der Waals surface area contributed by atoms with Crippen molar-refractivity contribution in [2.45, 2.75) is 23.5 Å². The van der Waals surface area contributed by atoms with Gasteiger partial charge in [-0.05, 0) is 47.7 Å². The van der Waals surface area contributed by atoms with Crippen molar-refractivity contribution in [3.63, 3.8) is 0 Å². The van der Waals surface area contributed by atoms with Crippen molar-refractivity contribution in [1.29, 1.82) is 0 Å². The van der Waals surface area contributed by atoms with Gasteiger partial charge in [0.2, 0.25) is 0 Å². The fourth-order valence-electron chi connectivity index (χ4n) is 3.89. The molecule has 1 saturated heterocycles. The number of hydrogen-bond donors (Lipinski definition) is 1. The molecule has 4 heteroatoms. The van der Waals surface area contributed by atoms with E-state index in [1.807, 2.05) is 11.8 Å². The lowest BCUT2D eigenvalue weighted by atomic mass is 9.93. The van der Waals surface area contributed by atoms with E-state index in [4.69, 9.17) is 0 Å². The first-order valence-electron chi connectivity index (χ1n) is 9.18. The number of likely N-dealkylation sites (tertiary alicyclic amines) is 1. The third-order valence-electron chi connectivity index (χ3n) is 5.28. The number of nitrogens with zero attached hydrogens (tertiary/aromatic N) is 1. The number of hydrogen-bond acceptors (Lipinski definition) is 3. The molecular formula is C22H23NO2S. The van der Waals surface area contributed by atoms with Gasteiger partial charge in [0.25, 0.3) is 0 Å². The van der Waals surface area contributed by atoms with E-state index in [0.717, 1.165) is 31.7 Å². The van der Waals surface area contributed by atoms with E-state index in [9.17, 15) is 9.90 Å². The van der Waals surface area contributed by atoms with Crippen LogP contribution in [0.1, 0.15) is 29.5 Å². The van der Waals surface area contributed by atoms with E-state index in [0.29, 0.717) is 6.54 Å². The molecule has 1 N–H and O–H groups in total. The maximum atomic E-state index is 11.3. The van der Waals surface area contributed by atoms with Gasteiger partial charge in [-0.3, -0.25) is 9.69 Å². The van der Waals surface area contributed by atoms with E-state index in [1.54, 1.807) is 0 Å². The third kappa shape index (κ3) is 3.57. The number of benzene rings is 2. The molecule has 0 bridgehead atoms. The molecule has 2 aliphatic heterocycles. The summed E-state index contributed by atoms with van der Waals surface area (Å²) in [5, 5.41) is 9.33. The maximum absolute atomic E-state index is 11.3. The van der Waals surface area contributed by atoms with Gasteiger partial charge in [0.05, 0.1) is 5.92 Å². The quantitative estimate of drug-likeness (QED) is 0.868. The minimum Gasteiger partial charge on any atom is -0.481 e. The molecule has 1 fully saturated rings. The average Bonchev–Trinajstić information content (AvgIpc) is 2.83. The fraction of sp³-hybridized carbons (Fsp3) is 0.318. The molecule has 0 aromatic heterocycles. The molecule has 1 atom stereocenters. The summed E-state index contributed by atoms with van der Waals surface area (Å²) in [6.07, 6.45) is 4.06. The normalized spacial score (nSPS) is 21.7. The smallest absolute Gasteiger partial charge is 0.307 e. The predicted octanol–water partition coefficient (Wildman–Crippen LogP) is 4.52. The molecule has 2 aromatic rings. The molecule has 26 heavy (non-hydrogen) atoms. The van der Waals surface area contributed by atoms with Crippen molar-refractivity contribution in [1.82, 2.24) is 4.90 Å². The second-order valence-electron chi connectivity index (χ2n) is 7.00. The largest absolute Gasteiger partial charge is 0.481 e. The van der Waals surface area contributed by atoms with Gasteiger partial charge >= 0.3 is 5.97 Å². The topological polar surface area (TPSA) is 40.5 Å². The monoisotopic (exact) mass is 365 g/mol. The molecule has 0 amide bonds. The Morgan fingerprint density at radius 2 is 1.92 bits per heavy atom. The van der Waals surface area contributed by atoms with Crippen LogP contribution in [0.5, 0.6) is 0 Å². The molecule has 2 aromatic carbocycles.